The maximum atomic E-state index is 11.8. The Hall–Kier alpha value is -1.59. The van der Waals surface area contributed by atoms with Gasteiger partial charge < -0.3 is 15.2 Å². The summed E-state index contributed by atoms with van der Waals surface area (Å²) >= 11 is 0. The van der Waals surface area contributed by atoms with Crippen LogP contribution in [0, 0.1) is 5.92 Å². The molecule has 3 rings (SSSR count). The van der Waals surface area contributed by atoms with Crippen molar-refractivity contribution in [1.29, 1.82) is 0 Å². The van der Waals surface area contributed by atoms with Crippen molar-refractivity contribution < 1.29 is 4.79 Å². The van der Waals surface area contributed by atoms with E-state index in [1.807, 2.05) is 18.2 Å². The topological polar surface area (TPSA) is 59.0 Å². The lowest BCUT2D eigenvalue weighted by molar-refractivity contribution is -0.126. The van der Waals surface area contributed by atoms with Gasteiger partial charge in [0.05, 0.1) is 17.0 Å². The first-order valence-corrected chi connectivity index (χ1v) is 7.22. The molecular formula is C15H21ClN4O. The van der Waals surface area contributed by atoms with Crippen molar-refractivity contribution in [1.82, 2.24) is 20.2 Å². The Morgan fingerprint density at radius 2 is 2.19 bits per heavy atom. The Balaban J connectivity index is 0.00000161. The van der Waals surface area contributed by atoms with Crippen LogP contribution < -0.4 is 10.6 Å². The maximum Gasteiger partial charge on any atom is 0.225 e. The van der Waals surface area contributed by atoms with Crippen LogP contribution in [0.15, 0.2) is 24.3 Å². The van der Waals surface area contributed by atoms with Crippen LogP contribution in [0.5, 0.6) is 0 Å². The summed E-state index contributed by atoms with van der Waals surface area (Å²) in [5.41, 5.74) is 2.19. The first-order chi connectivity index (χ1) is 9.79. The third-order valence-corrected chi connectivity index (χ3v) is 3.85. The molecule has 1 saturated heterocycles. The van der Waals surface area contributed by atoms with Gasteiger partial charge in [0.15, 0.2) is 0 Å². The highest BCUT2D eigenvalue weighted by molar-refractivity contribution is 5.85. The van der Waals surface area contributed by atoms with E-state index in [1.54, 1.807) is 0 Å². The van der Waals surface area contributed by atoms with Crippen LogP contribution in [0.25, 0.3) is 11.0 Å². The molecule has 0 radical (unpaired) electrons. The number of benzene rings is 1. The molecule has 1 aromatic carbocycles. The van der Waals surface area contributed by atoms with E-state index >= 15 is 0 Å². The monoisotopic (exact) mass is 308 g/mol. The van der Waals surface area contributed by atoms with Gasteiger partial charge in [0.2, 0.25) is 5.91 Å². The average molecular weight is 309 g/mol. The summed E-state index contributed by atoms with van der Waals surface area (Å²) in [6.45, 7) is 5.28. The predicted octanol–water partition coefficient (Wildman–Crippen LogP) is 1.36. The molecule has 6 heteroatoms. The Morgan fingerprint density at radius 3 is 2.86 bits per heavy atom. The molecule has 2 aromatic rings. The molecule has 0 atom stereocenters. The molecule has 1 aliphatic heterocycles. The fourth-order valence-corrected chi connectivity index (χ4v) is 2.59. The first kappa shape index (κ1) is 15.8. The largest absolute Gasteiger partial charge is 0.355 e. The fourth-order valence-electron chi connectivity index (χ4n) is 2.59. The first-order valence-electron chi connectivity index (χ1n) is 7.22. The molecule has 0 bridgehead atoms. The number of hydrogen-bond donors (Lipinski definition) is 2. The number of para-hydroxylation sites is 2. The van der Waals surface area contributed by atoms with Gasteiger partial charge in [-0.3, -0.25) is 4.79 Å². The van der Waals surface area contributed by atoms with Gasteiger partial charge in [-0.1, -0.05) is 12.1 Å². The minimum absolute atomic E-state index is 0. The Labute approximate surface area is 130 Å². The van der Waals surface area contributed by atoms with Gasteiger partial charge in [0.1, 0.15) is 5.82 Å². The number of fused-ring (bicyclic) bond motifs is 1. The molecule has 0 aliphatic carbocycles. The van der Waals surface area contributed by atoms with Crippen molar-refractivity contribution in [2.75, 3.05) is 19.6 Å². The smallest absolute Gasteiger partial charge is 0.225 e. The van der Waals surface area contributed by atoms with E-state index in [2.05, 4.69) is 33.2 Å². The van der Waals surface area contributed by atoms with E-state index in [0.717, 1.165) is 37.4 Å². The van der Waals surface area contributed by atoms with Gasteiger partial charge in [0.25, 0.3) is 0 Å². The Bertz CT molecular complexity index is 621. The van der Waals surface area contributed by atoms with Crippen molar-refractivity contribution in [2.24, 2.45) is 5.92 Å². The summed E-state index contributed by atoms with van der Waals surface area (Å²) in [7, 11) is 0. The van der Waals surface area contributed by atoms with E-state index in [4.69, 9.17) is 0 Å². The molecule has 0 saturated carbocycles. The number of aryl methyl sites for hydroxylation is 1. The molecule has 21 heavy (non-hydrogen) atoms. The van der Waals surface area contributed by atoms with E-state index in [-0.39, 0.29) is 24.2 Å². The molecule has 114 valence electrons. The van der Waals surface area contributed by atoms with Gasteiger partial charge in [0, 0.05) is 32.6 Å². The van der Waals surface area contributed by atoms with Crippen LogP contribution in [-0.2, 0) is 17.8 Å². The molecule has 2 N–H and O–H groups in total. The number of rotatable bonds is 5. The number of amides is 1. The van der Waals surface area contributed by atoms with Crippen molar-refractivity contribution in [3.05, 3.63) is 30.1 Å². The highest BCUT2D eigenvalue weighted by Gasteiger charge is 2.24. The maximum absolute atomic E-state index is 11.8. The number of aromatic nitrogens is 2. The number of carbonyl (C=O) groups excluding carboxylic acids is 1. The average Bonchev–Trinajstić information content (AvgIpc) is 2.74. The lowest BCUT2D eigenvalue weighted by atomic mass is 10.0. The van der Waals surface area contributed by atoms with Crippen LogP contribution in [0.2, 0.25) is 0 Å². The molecule has 1 aliphatic rings. The highest BCUT2D eigenvalue weighted by atomic mass is 35.5. The fraction of sp³-hybridized carbons (Fsp3) is 0.467. The second-order valence-corrected chi connectivity index (χ2v) is 5.16. The summed E-state index contributed by atoms with van der Waals surface area (Å²) in [5.74, 6) is 1.35. The summed E-state index contributed by atoms with van der Waals surface area (Å²) in [5, 5.41) is 6.11. The highest BCUT2D eigenvalue weighted by Crippen LogP contribution is 2.16. The van der Waals surface area contributed by atoms with Gasteiger partial charge in [-0.2, -0.15) is 0 Å². The van der Waals surface area contributed by atoms with Crippen molar-refractivity contribution in [2.45, 2.75) is 19.9 Å². The SMILES string of the molecule is CCn1c(CCNC(=O)C2CNC2)nc2ccccc21.Cl. The number of halogens is 1. The normalized spacial score (nSPS) is 14.5. The molecular weight excluding hydrogens is 288 g/mol. The molecule has 1 amide bonds. The van der Waals surface area contributed by atoms with Crippen LogP contribution >= 0.6 is 12.4 Å². The van der Waals surface area contributed by atoms with Crippen molar-refractivity contribution in [3.63, 3.8) is 0 Å². The van der Waals surface area contributed by atoms with Crippen LogP contribution in [-0.4, -0.2) is 35.1 Å². The number of nitrogens with zero attached hydrogens (tertiary/aromatic N) is 2. The molecule has 2 heterocycles. The van der Waals surface area contributed by atoms with Gasteiger partial charge >= 0.3 is 0 Å². The van der Waals surface area contributed by atoms with Gasteiger partial charge in [-0.05, 0) is 19.1 Å². The van der Waals surface area contributed by atoms with Crippen molar-refractivity contribution >= 4 is 29.3 Å². The molecule has 1 fully saturated rings. The van der Waals surface area contributed by atoms with Gasteiger partial charge in [-0.15, -0.1) is 12.4 Å². The third kappa shape index (κ3) is 3.19. The third-order valence-electron chi connectivity index (χ3n) is 3.85. The standard InChI is InChI=1S/C15H20N4O.ClH/c1-2-19-13-6-4-3-5-12(13)18-14(19)7-8-17-15(20)11-9-16-10-11;/h3-6,11,16H,2,7-10H2,1H3,(H,17,20);1H. The summed E-state index contributed by atoms with van der Waals surface area (Å²) in [6, 6.07) is 8.16. The zero-order chi connectivity index (χ0) is 13.9. The lowest BCUT2D eigenvalue weighted by Crippen LogP contribution is -2.51. The number of hydrogen-bond acceptors (Lipinski definition) is 3. The minimum Gasteiger partial charge on any atom is -0.355 e. The summed E-state index contributed by atoms with van der Waals surface area (Å²) < 4.78 is 2.21. The Kier molecular flexibility index (Phi) is 5.20. The lowest BCUT2D eigenvalue weighted by Gasteiger charge is -2.25. The summed E-state index contributed by atoms with van der Waals surface area (Å²) in [4.78, 5) is 16.4. The quantitative estimate of drug-likeness (QED) is 0.877. The zero-order valence-electron chi connectivity index (χ0n) is 12.1. The van der Waals surface area contributed by atoms with E-state index in [1.165, 1.54) is 5.52 Å². The van der Waals surface area contributed by atoms with Crippen LogP contribution in [0.3, 0.4) is 0 Å². The molecule has 0 spiro atoms. The predicted molar refractivity (Wildman–Crippen MR) is 85.7 cm³/mol. The molecule has 1 aromatic heterocycles. The second kappa shape index (κ2) is 6.91. The second-order valence-electron chi connectivity index (χ2n) is 5.16. The van der Waals surface area contributed by atoms with Gasteiger partial charge in [-0.25, -0.2) is 4.98 Å². The zero-order valence-corrected chi connectivity index (χ0v) is 12.9. The molecule has 5 nitrogen and oxygen atoms in total. The van der Waals surface area contributed by atoms with Crippen molar-refractivity contribution in [3.8, 4) is 0 Å². The number of imidazole rings is 1. The van der Waals surface area contributed by atoms with E-state index in [0.29, 0.717) is 6.54 Å². The number of carbonyl (C=O) groups is 1. The van der Waals surface area contributed by atoms with E-state index < -0.39 is 0 Å². The number of nitrogens with one attached hydrogen (secondary N) is 2. The minimum atomic E-state index is 0. The van der Waals surface area contributed by atoms with Crippen LogP contribution in [0.1, 0.15) is 12.7 Å². The summed E-state index contributed by atoms with van der Waals surface area (Å²) in [6.07, 6.45) is 0.772. The van der Waals surface area contributed by atoms with Crippen LogP contribution in [0.4, 0.5) is 0 Å². The van der Waals surface area contributed by atoms with E-state index in [9.17, 15) is 4.79 Å². The Morgan fingerprint density at radius 1 is 1.43 bits per heavy atom. The molecule has 0 unspecified atom stereocenters.